The zero-order valence-electron chi connectivity index (χ0n) is 12.4. The van der Waals surface area contributed by atoms with Crippen LogP contribution in [0.4, 0.5) is 0 Å². The molecule has 2 rings (SSSR count). The minimum Gasteiger partial charge on any atom is -0.480 e. The van der Waals surface area contributed by atoms with E-state index >= 15 is 0 Å². The molecule has 1 N–H and O–H groups in total. The van der Waals surface area contributed by atoms with Crippen LogP contribution in [0.3, 0.4) is 0 Å². The van der Waals surface area contributed by atoms with Gasteiger partial charge in [-0.05, 0) is 32.7 Å². The number of aliphatic carboxylic acids is 1. The number of hydrogen-bond acceptors (Lipinski definition) is 5. The Hall–Kier alpha value is -0.700. The summed E-state index contributed by atoms with van der Waals surface area (Å²) in [6.45, 7) is 5.08. The van der Waals surface area contributed by atoms with E-state index in [4.69, 9.17) is 9.84 Å². The van der Waals surface area contributed by atoms with E-state index < -0.39 is 21.2 Å². The Morgan fingerprint density at radius 2 is 2.05 bits per heavy atom. The molecular formula is C13H24N2O5S. The van der Waals surface area contributed by atoms with Gasteiger partial charge in [-0.1, -0.05) is 0 Å². The van der Waals surface area contributed by atoms with Gasteiger partial charge in [0.15, 0.2) is 5.25 Å². The van der Waals surface area contributed by atoms with E-state index in [1.165, 1.54) is 11.2 Å². The summed E-state index contributed by atoms with van der Waals surface area (Å²) in [5.74, 6) is -1.30. The summed E-state index contributed by atoms with van der Waals surface area (Å²) in [7, 11) is -3.76. The van der Waals surface area contributed by atoms with E-state index in [1.54, 1.807) is 0 Å². The summed E-state index contributed by atoms with van der Waals surface area (Å²) < 4.78 is 31.4. The first-order chi connectivity index (χ1) is 9.91. The number of rotatable bonds is 5. The average Bonchev–Trinajstić information content (AvgIpc) is 2.81. The van der Waals surface area contributed by atoms with Gasteiger partial charge in [0.25, 0.3) is 0 Å². The first-order valence-electron chi connectivity index (χ1n) is 7.47. The van der Waals surface area contributed by atoms with Crippen LogP contribution in [0.5, 0.6) is 0 Å². The third kappa shape index (κ3) is 4.15. The summed E-state index contributed by atoms with van der Waals surface area (Å²) in [6.07, 6.45) is 3.13. The van der Waals surface area contributed by atoms with Crippen LogP contribution in [0.15, 0.2) is 0 Å². The first-order valence-corrected chi connectivity index (χ1v) is 8.97. The monoisotopic (exact) mass is 320 g/mol. The molecule has 0 aliphatic carbocycles. The first kappa shape index (κ1) is 16.7. The van der Waals surface area contributed by atoms with Crippen LogP contribution < -0.4 is 0 Å². The largest absolute Gasteiger partial charge is 0.480 e. The van der Waals surface area contributed by atoms with E-state index in [2.05, 4.69) is 4.90 Å². The third-order valence-corrected chi connectivity index (χ3v) is 6.37. The molecule has 0 aromatic carbocycles. The zero-order valence-corrected chi connectivity index (χ0v) is 13.2. The molecule has 0 bridgehead atoms. The van der Waals surface area contributed by atoms with E-state index in [0.717, 1.165) is 39.0 Å². The standard InChI is InChI=1S/C13H24N2O5S/c1-11(13(16)17)21(18,19)15-6-3-5-14(7-8-15)10-12-4-2-9-20-12/h11-12H,2-10H2,1H3,(H,16,17). The molecule has 0 spiro atoms. The van der Waals surface area contributed by atoms with Gasteiger partial charge in [0.2, 0.25) is 10.0 Å². The van der Waals surface area contributed by atoms with Crippen LogP contribution >= 0.6 is 0 Å². The summed E-state index contributed by atoms with van der Waals surface area (Å²) >= 11 is 0. The van der Waals surface area contributed by atoms with Gasteiger partial charge in [0.1, 0.15) is 0 Å². The van der Waals surface area contributed by atoms with Gasteiger partial charge < -0.3 is 9.84 Å². The van der Waals surface area contributed by atoms with Crippen molar-refractivity contribution in [2.75, 3.05) is 39.3 Å². The van der Waals surface area contributed by atoms with Gasteiger partial charge in [0.05, 0.1) is 6.10 Å². The minimum absolute atomic E-state index is 0.256. The molecule has 0 aromatic heterocycles. The highest BCUT2D eigenvalue weighted by atomic mass is 32.2. The number of carbonyl (C=O) groups is 1. The summed E-state index contributed by atoms with van der Waals surface area (Å²) in [5.41, 5.74) is 0. The summed E-state index contributed by atoms with van der Waals surface area (Å²) in [5, 5.41) is 7.54. The van der Waals surface area contributed by atoms with Crippen LogP contribution in [0.2, 0.25) is 0 Å². The number of carboxylic acid groups (broad SMARTS) is 1. The number of hydrogen-bond donors (Lipinski definition) is 1. The van der Waals surface area contributed by atoms with E-state index in [-0.39, 0.29) is 6.10 Å². The molecular weight excluding hydrogens is 296 g/mol. The summed E-state index contributed by atoms with van der Waals surface area (Å²) in [6, 6.07) is 0. The van der Waals surface area contributed by atoms with Crippen molar-refractivity contribution in [1.29, 1.82) is 0 Å². The van der Waals surface area contributed by atoms with Crippen molar-refractivity contribution >= 4 is 16.0 Å². The molecule has 0 radical (unpaired) electrons. The molecule has 21 heavy (non-hydrogen) atoms. The van der Waals surface area contributed by atoms with Gasteiger partial charge in [-0.3, -0.25) is 9.69 Å². The van der Waals surface area contributed by atoms with Crippen molar-refractivity contribution < 1.29 is 23.1 Å². The van der Waals surface area contributed by atoms with Gasteiger partial charge in [0, 0.05) is 32.8 Å². The molecule has 0 aromatic rings. The van der Waals surface area contributed by atoms with Crippen LogP contribution in [0, 0.1) is 0 Å². The molecule has 122 valence electrons. The second-order valence-electron chi connectivity index (χ2n) is 5.71. The van der Waals surface area contributed by atoms with Crippen molar-refractivity contribution in [3.63, 3.8) is 0 Å². The number of sulfonamides is 1. The van der Waals surface area contributed by atoms with Crippen molar-refractivity contribution in [2.45, 2.75) is 37.5 Å². The lowest BCUT2D eigenvalue weighted by Crippen LogP contribution is -2.43. The predicted octanol–water partition coefficient (Wildman–Crippen LogP) is -0.0240. The maximum absolute atomic E-state index is 12.2. The predicted molar refractivity (Wildman–Crippen MR) is 77.6 cm³/mol. The van der Waals surface area contributed by atoms with Crippen molar-refractivity contribution in [1.82, 2.24) is 9.21 Å². The second kappa shape index (κ2) is 7.04. The Labute approximate surface area is 125 Å². The van der Waals surface area contributed by atoms with Gasteiger partial charge in [-0.25, -0.2) is 8.42 Å². The quantitative estimate of drug-likeness (QED) is 0.766. The second-order valence-corrected chi connectivity index (χ2v) is 7.97. The molecule has 2 unspecified atom stereocenters. The lowest BCUT2D eigenvalue weighted by molar-refractivity contribution is -0.136. The maximum Gasteiger partial charge on any atom is 0.323 e. The fraction of sp³-hybridized carbons (Fsp3) is 0.923. The smallest absolute Gasteiger partial charge is 0.323 e. The lowest BCUT2D eigenvalue weighted by atomic mass is 10.2. The maximum atomic E-state index is 12.2. The molecule has 2 atom stereocenters. The number of carboxylic acids is 1. The van der Waals surface area contributed by atoms with Crippen molar-refractivity contribution in [3.8, 4) is 0 Å². The molecule has 2 heterocycles. The Morgan fingerprint density at radius 1 is 1.29 bits per heavy atom. The minimum atomic E-state index is -3.76. The molecule has 8 heteroatoms. The van der Waals surface area contributed by atoms with E-state index in [1.807, 2.05) is 0 Å². The van der Waals surface area contributed by atoms with E-state index in [0.29, 0.717) is 19.6 Å². The summed E-state index contributed by atoms with van der Waals surface area (Å²) in [4.78, 5) is 13.2. The average molecular weight is 320 g/mol. The Morgan fingerprint density at radius 3 is 2.67 bits per heavy atom. The van der Waals surface area contributed by atoms with Crippen LogP contribution in [0.1, 0.15) is 26.2 Å². The fourth-order valence-corrected chi connectivity index (χ4v) is 4.23. The lowest BCUT2D eigenvalue weighted by Gasteiger charge is -2.24. The molecule has 2 aliphatic heterocycles. The third-order valence-electron chi connectivity index (χ3n) is 4.19. The van der Waals surface area contributed by atoms with E-state index in [9.17, 15) is 13.2 Å². The van der Waals surface area contributed by atoms with Crippen LogP contribution in [0.25, 0.3) is 0 Å². The zero-order chi connectivity index (χ0) is 15.5. The normalized spacial score (nSPS) is 27.4. The Bertz CT molecular complexity index is 461. The Balaban J connectivity index is 1.92. The molecule has 2 saturated heterocycles. The highest BCUT2D eigenvalue weighted by Crippen LogP contribution is 2.17. The van der Waals surface area contributed by atoms with Crippen molar-refractivity contribution in [2.24, 2.45) is 0 Å². The van der Waals surface area contributed by atoms with Crippen molar-refractivity contribution in [3.05, 3.63) is 0 Å². The fourth-order valence-electron chi connectivity index (χ4n) is 2.81. The molecule has 0 amide bonds. The van der Waals surface area contributed by atoms with Gasteiger partial charge >= 0.3 is 5.97 Å². The number of ether oxygens (including phenoxy) is 1. The Kier molecular flexibility index (Phi) is 5.59. The van der Waals surface area contributed by atoms with Gasteiger partial charge in [-0.2, -0.15) is 4.31 Å². The van der Waals surface area contributed by atoms with Gasteiger partial charge in [-0.15, -0.1) is 0 Å². The number of nitrogens with zero attached hydrogens (tertiary/aromatic N) is 2. The highest BCUT2D eigenvalue weighted by Gasteiger charge is 2.34. The molecule has 2 fully saturated rings. The molecule has 0 saturated carbocycles. The SMILES string of the molecule is CC(C(=O)O)S(=O)(=O)N1CCCN(CC2CCCO2)CC1. The molecule has 7 nitrogen and oxygen atoms in total. The van der Waals surface area contributed by atoms with Crippen LogP contribution in [-0.4, -0.2) is 79.4 Å². The topological polar surface area (TPSA) is 87.1 Å². The van der Waals surface area contributed by atoms with Crippen LogP contribution in [-0.2, 0) is 19.6 Å². The highest BCUT2D eigenvalue weighted by molar-refractivity contribution is 7.90. The molecule has 2 aliphatic rings.